The lowest BCUT2D eigenvalue weighted by molar-refractivity contribution is -0.140. The van der Waals surface area contributed by atoms with Gasteiger partial charge in [-0.25, -0.2) is 9.59 Å². The molecule has 16 heavy (non-hydrogen) atoms. The van der Waals surface area contributed by atoms with Crippen molar-refractivity contribution < 1.29 is 14.7 Å². The third-order valence-corrected chi connectivity index (χ3v) is 3.29. The van der Waals surface area contributed by atoms with Gasteiger partial charge in [-0.1, -0.05) is 0 Å². The molecular formula is C10H18N2O3S. The second kappa shape index (κ2) is 5.43. The smallest absolute Gasteiger partial charge is 0.329 e. The number of carbonyl (C=O) groups excluding carboxylic acids is 1. The Bertz CT molecular complexity index is 279. The van der Waals surface area contributed by atoms with E-state index in [0.29, 0.717) is 12.8 Å². The lowest BCUT2D eigenvalue weighted by Crippen LogP contribution is -2.50. The number of urea groups is 1. The first-order valence-electron chi connectivity index (χ1n) is 5.31. The molecule has 1 aliphatic carbocycles. The number of carboxylic acid groups (broad SMARTS) is 1. The van der Waals surface area contributed by atoms with E-state index in [1.165, 1.54) is 0 Å². The van der Waals surface area contributed by atoms with E-state index in [1.54, 1.807) is 11.8 Å². The zero-order valence-electron chi connectivity index (χ0n) is 9.58. The highest BCUT2D eigenvalue weighted by Crippen LogP contribution is 2.35. The summed E-state index contributed by atoms with van der Waals surface area (Å²) < 4.78 is 0. The number of hydrogen-bond donors (Lipinski definition) is 3. The average Bonchev–Trinajstić information content (AvgIpc) is 2.95. The van der Waals surface area contributed by atoms with Gasteiger partial charge in [-0.05, 0) is 38.2 Å². The zero-order chi connectivity index (χ0) is 12.2. The number of aliphatic carboxylic acids is 1. The van der Waals surface area contributed by atoms with Gasteiger partial charge in [0.2, 0.25) is 0 Å². The molecule has 6 heteroatoms. The molecule has 0 aliphatic heterocycles. The molecule has 1 fully saturated rings. The van der Waals surface area contributed by atoms with Crippen molar-refractivity contribution in [3.8, 4) is 0 Å². The average molecular weight is 246 g/mol. The van der Waals surface area contributed by atoms with Gasteiger partial charge in [-0.2, -0.15) is 11.8 Å². The van der Waals surface area contributed by atoms with E-state index in [-0.39, 0.29) is 12.1 Å². The Kier molecular flexibility index (Phi) is 4.46. The summed E-state index contributed by atoms with van der Waals surface area (Å²) in [5, 5.41) is 14.1. The Morgan fingerprint density at radius 2 is 2.12 bits per heavy atom. The number of carbonyl (C=O) groups is 2. The fourth-order valence-electron chi connectivity index (χ4n) is 1.36. The predicted molar refractivity (Wildman–Crippen MR) is 63.7 cm³/mol. The first-order chi connectivity index (χ1) is 7.50. The zero-order valence-corrected chi connectivity index (χ0v) is 10.4. The molecule has 1 aliphatic rings. The van der Waals surface area contributed by atoms with Crippen molar-refractivity contribution in [1.29, 1.82) is 0 Å². The molecule has 0 bridgehead atoms. The van der Waals surface area contributed by atoms with Gasteiger partial charge in [-0.3, -0.25) is 0 Å². The molecule has 1 saturated carbocycles. The van der Waals surface area contributed by atoms with Crippen LogP contribution in [0.3, 0.4) is 0 Å². The van der Waals surface area contributed by atoms with Gasteiger partial charge >= 0.3 is 12.0 Å². The van der Waals surface area contributed by atoms with Crippen molar-refractivity contribution in [2.45, 2.75) is 37.8 Å². The van der Waals surface area contributed by atoms with E-state index in [4.69, 9.17) is 5.11 Å². The van der Waals surface area contributed by atoms with Crippen LogP contribution in [0.25, 0.3) is 0 Å². The minimum Gasteiger partial charge on any atom is -0.480 e. The topological polar surface area (TPSA) is 78.4 Å². The van der Waals surface area contributed by atoms with Crippen molar-refractivity contribution in [1.82, 2.24) is 10.6 Å². The number of carboxylic acids is 1. The van der Waals surface area contributed by atoms with Crippen molar-refractivity contribution >= 4 is 23.8 Å². The summed E-state index contributed by atoms with van der Waals surface area (Å²) in [5.74, 6) is 0.0327. The molecule has 3 N–H and O–H groups in total. The normalized spacial score (nSPS) is 18.6. The van der Waals surface area contributed by atoms with Crippen LogP contribution in [0.15, 0.2) is 0 Å². The number of rotatable bonds is 6. The van der Waals surface area contributed by atoms with Crippen LogP contribution < -0.4 is 10.6 Å². The third kappa shape index (κ3) is 3.59. The van der Waals surface area contributed by atoms with E-state index < -0.39 is 11.5 Å². The van der Waals surface area contributed by atoms with E-state index >= 15 is 0 Å². The standard InChI is InChI=1S/C10H18N2O3S/c1-7(3-6-16-2)11-9(15)12-10(4-5-10)8(13)14/h7H,3-6H2,1-2H3,(H,13,14)(H2,11,12,15). The van der Waals surface area contributed by atoms with E-state index in [1.807, 2.05) is 13.2 Å². The first kappa shape index (κ1) is 13.2. The molecule has 1 rings (SSSR count). The lowest BCUT2D eigenvalue weighted by Gasteiger charge is -2.17. The summed E-state index contributed by atoms with van der Waals surface area (Å²) in [6.07, 6.45) is 3.94. The second-order valence-electron chi connectivity index (χ2n) is 4.17. The Labute approximate surface area is 99.4 Å². The fourth-order valence-corrected chi connectivity index (χ4v) is 1.95. The summed E-state index contributed by atoms with van der Waals surface area (Å²) in [7, 11) is 0. The van der Waals surface area contributed by atoms with Crippen molar-refractivity contribution in [2.75, 3.05) is 12.0 Å². The summed E-state index contributed by atoms with van der Waals surface area (Å²) in [6.45, 7) is 1.91. The first-order valence-corrected chi connectivity index (χ1v) is 6.70. The third-order valence-electron chi connectivity index (χ3n) is 2.64. The molecule has 0 aromatic rings. The Morgan fingerprint density at radius 3 is 2.56 bits per heavy atom. The molecular weight excluding hydrogens is 228 g/mol. The van der Waals surface area contributed by atoms with Crippen LogP contribution in [0.4, 0.5) is 4.79 Å². The number of amides is 2. The summed E-state index contributed by atoms with van der Waals surface area (Å²) >= 11 is 1.72. The molecule has 2 amide bonds. The number of thioether (sulfide) groups is 1. The van der Waals surface area contributed by atoms with Crippen LogP contribution >= 0.6 is 11.8 Å². The molecule has 0 aromatic carbocycles. The van der Waals surface area contributed by atoms with Crippen LogP contribution in [-0.4, -0.2) is 40.7 Å². The molecule has 0 heterocycles. The van der Waals surface area contributed by atoms with Gasteiger partial charge in [-0.15, -0.1) is 0 Å². The SMILES string of the molecule is CSCCC(C)NC(=O)NC1(C(=O)O)CC1. The molecule has 5 nitrogen and oxygen atoms in total. The maximum Gasteiger partial charge on any atom is 0.329 e. The van der Waals surface area contributed by atoms with E-state index in [2.05, 4.69) is 10.6 Å². The Morgan fingerprint density at radius 1 is 1.50 bits per heavy atom. The molecule has 0 saturated heterocycles. The molecule has 1 unspecified atom stereocenters. The van der Waals surface area contributed by atoms with Gasteiger partial charge in [0.1, 0.15) is 5.54 Å². The van der Waals surface area contributed by atoms with Crippen LogP contribution in [0.2, 0.25) is 0 Å². The highest BCUT2D eigenvalue weighted by molar-refractivity contribution is 7.98. The quantitative estimate of drug-likeness (QED) is 0.654. The van der Waals surface area contributed by atoms with Crippen LogP contribution in [0, 0.1) is 0 Å². The molecule has 0 aromatic heterocycles. The fraction of sp³-hybridized carbons (Fsp3) is 0.800. The van der Waals surface area contributed by atoms with Gasteiger partial charge in [0.25, 0.3) is 0 Å². The maximum absolute atomic E-state index is 11.5. The second-order valence-corrected chi connectivity index (χ2v) is 5.15. The Hall–Kier alpha value is -0.910. The minimum absolute atomic E-state index is 0.0667. The maximum atomic E-state index is 11.5. The van der Waals surface area contributed by atoms with Crippen molar-refractivity contribution in [3.63, 3.8) is 0 Å². The van der Waals surface area contributed by atoms with Crippen molar-refractivity contribution in [2.24, 2.45) is 0 Å². The highest BCUT2D eigenvalue weighted by atomic mass is 32.2. The minimum atomic E-state index is -0.997. The molecule has 0 spiro atoms. The molecule has 1 atom stereocenters. The van der Waals surface area contributed by atoms with Gasteiger partial charge in [0.05, 0.1) is 0 Å². The largest absolute Gasteiger partial charge is 0.480 e. The Balaban J connectivity index is 2.28. The molecule has 0 radical (unpaired) electrons. The molecule has 92 valence electrons. The number of hydrogen-bond acceptors (Lipinski definition) is 3. The van der Waals surface area contributed by atoms with Gasteiger partial charge in [0.15, 0.2) is 0 Å². The summed E-state index contributed by atoms with van der Waals surface area (Å²) in [5.41, 5.74) is -0.997. The summed E-state index contributed by atoms with van der Waals surface area (Å²) in [6, 6.07) is -0.314. The van der Waals surface area contributed by atoms with E-state index in [9.17, 15) is 9.59 Å². The highest BCUT2D eigenvalue weighted by Gasteiger charge is 2.51. The predicted octanol–water partition coefficient (Wildman–Crippen LogP) is 1.04. The van der Waals surface area contributed by atoms with Crippen molar-refractivity contribution in [3.05, 3.63) is 0 Å². The lowest BCUT2D eigenvalue weighted by atomic mass is 10.2. The van der Waals surface area contributed by atoms with Crippen LogP contribution in [0.5, 0.6) is 0 Å². The van der Waals surface area contributed by atoms with Crippen LogP contribution in [-0.2, 0) is 4.79 Å². The van der Waals surface area contributed by atoms with Crippen LogP contribution in [0.1, 0.15) is 26.2 Å². The monoisotopic (exact) mass is 246 g/mol. The van der Waals surface area contributed by atoms with Gasteiger partial charge < -0.3 is 15.7 Å². The summed E-state index contributed by atoms with van der Waals surface area (Å²) in [4.78, 5) is 22.3. The van der Waals surface area contributed by atoms with Gasteiger partial charge in [0, 0.05) is 6.04 Å². The van der Waals surface area contributed by atoms with E-state index in [0.717, 1.165) is 12.2 Å². The number of nitrogens with one attached hydrogen (secondary N) is 2.